The maximum Gasteiger partial charge on any atom is 0.407 e. The molecule has 3 rings (SSSR count). The lowest BCUT2D eigenvalue weighted by Crippen LogP contribution is -2.45. The van der Waals surface area contributed by atoms with Gasteiger partial charge in [-0.05, 0) is 54.5 Å². The Balaban J connectivity index is 1.50. The Labute approximate surface area is 195 Å². The Morgan fingerprint density at radius 2 is 1.64 bits per heavy atom. The number of amides is 2. The summed E-state index contributed by atoms with van der Waals surface area (Å²) in [5.41, 5.74) is 10.1. The zero-order chi connectivity index (χ0) is 23.6. The van der Waals surface area contributed by atoms with Crippen molar-refractivity contribution < 1.29 is 19.1 Å². The Kier molecular flexibility index (Phi) is 9.01. The van der Waals surface area contributed by atoms with Gasteiger partial charge in [0.1, 0.15) is 13.2 Å². The number of carbonyl (C=O) groups is 3. The van der Waals surface area contributed by atoms with E-state index in [9.17, 15) is 14.4 Å². The summed E-state index contributed by atoms with van der Waals surface area (Å²) >= 11 is 0. The molecule has 0 bridgehead atoms. The highest BCUT2D eigenvalue weighted by atomic mass is 16.5. The summed E-state index contributed by atoms with van der Waals surface area (Å²) in [7, 11) is 0. The number of alkyl carbamates (subject to hydrolysis) is 1. The van der Waals surface area contributed by atoms with E-state index in [1.165, 1.54) is 0 Å². The van der Waals surface area contributed by atoms with Crippen LogP contribution in [-0.4, -0.2) is 43.5 Å². The van der Waals surface area contributed by atoms with Crippen molar-refractivity contribution >= 4 is 17.8 Å². The number of hydrogen-bond acceptors (Lipinski definition) is 5. The first-order valence-electron chi connectivity index (χ1n) is 11.7. The molecule has 4 N–H and O–H groups in total. The van der Waals surface area contributed by atoms with Gasteiger partial charge in [-0.25, -0.2) is 4.79 Å². The first-order chi connectivity index (χ1) is 16.0. The second-order valence-electron chi connectivity index (χ2n) is 8.30. The lowest BCUT2D eigenvalue weighted by molar-refractivity contribution is -0.127. The zero-order valence-corrected chi connectivity index (χ0v) is 19.1. The maximum absolute atomic E-state index is 12.3. The van der Waals surface area contributed by atoms with Gasteiger partial charge in [-0.2, -0.15) is 0 Å². The third-order valence-corrected chi connectivity index (χ3v) is 5.90. The van der Waals surface area contributed by atoms with Crippen molar-refractivity contribution in [2.24, 2.45) is 5.73 Å². The number of nitrogens with one attached hydrogen (secondary N) is 2. The fraction of sp³-hybridized carbons (Fsp3) is 0.423. The van der Waals surface area contributed by atoms with Gasteiger partial charge in [-0.3, -0.25) is 9.59 Å². The molecule has 7 nitrogen and oxygen atoms in total. The number of unbranched alkanes of at least 4 members (excludes halogenated alkanes) is 1. The highest BCUT2D eigenvalue weighted by Crippen LogP contribution is 2.44. The van der Waals surface area contributed by atoms with Crippen molar-refractivity contribution in [2.45, 2.75) is 51.0 Å². The minimum absolute atomic E-state index is 0.00371. The third kappa shape index (κ3) is 6.42. The molecule has 0 saturated carbocycles. The second-order valence-corrected chi connectivity index (χ2v) is 8.30. The number of ketones is 1. The molecule has 33 heavy (non-hydrogen) atoms. The summed E-state index contributed by atoms with van der Waals surface area (Å²) in [4.78, 5) is 36.9. The van der Waals surface area contributed by atoms with Crippen LogP contribution in [0.3, 0.4) is 0 Å². The number of nitrogens with two attached hydrogens (primary N) is 1. The molecule has 1 aliphatic carbocycles. The lowest BCUT2D eigenvalue weighted by atomic mass is 9.98. The standard InChI is InChI=1S/C26H33N3O4/c1-2-9-24(30)23(14-7-8-15-27)29-25(31)16-28-26(32)33-17-22-20-12-5-3-10-18(20)19-11-4-6-13-21(19)22/h3-6,10-13,22-23H,2,7-9,14-17,27H2,1H3,(H,28,32)(H,29,31)/t23-/m0/s1. The van der Waals surface area contributed by atoms with E-state index in [0.717, 1.165) is 41.5 Å². The predicted octanol–water partition coefficient (Wildman–Crippen LogP) is 3.51. The molecule has 0 radical (unpaired) electrons. The molecule has 0 aromatic heterocycles. The molecule has 0 heterocycles. The van der Waals surface area contributed by atoms with Crippen molar-refractivity contribution in [3.63, 3.8) is 0 Å². The fourth-order valence-electron chi connectivity index (χ4n) is 4.27. The molecular weight excluding hydrogens is 418 g/mol. The smallest absolute Gasteiger partial charge is 0.407 e. The summed E-state index contributed by atoms with van der Waals surface area (Å²) in [5.74, 6) is -0.453. The van der Waals surface area contributed by atoms with Crippen molar-refractivity contribution in [1.29, 1.82) is 0 Å². The van der Waals surface area contributed by atoms with Crippen molar-refractivity contribution in [1.82, 2.24) is 10.6 Å². The van der Waals surface area contributed by atoms with Crippen LogP contribution in [0.1, 0.15) is 56.1 Å². The van der Waals surface area contributed by atoms with Gasteiger partial charge < -0.3 is 21.1 Å². The van der Waals surface area contributed by atoms with Gasteiger partial charge >= 0.3 is 6.09 Å². The summed E-state index contributed by atoms with van der Waals surface area (Å²) in [6, 6.07) is 15.6. The maximum atomic E-state index is 12.3. The summed E-state index contributed by atoms with van der Waals surface area (Å²) in [6.07, 6.45) is 2.58. The van der Waals surface area contributed by atoms with E-state index in [1.807, 2.05) is 43.3 Å². The Bertz CT molecular complexity index is 930. The predicted molar refractivity (Wildman–Crippen MR) is 128 cm³/mol. The highest BCUT2D eigenvalue weighted by molar-refractivity contribution is 5.90. The van der Waals surface area contributed by atoms with E-state index in [4.69, 9.17) is 10.5 Å². The second kappa shape index (κ2) is 12.2. The molecule has 0 saturated heterocycles. The van der Waals surface area contributed by atoms with E-state index in [1.54, 1.807) is 0 Å². The largest absolute Gasteiger partial charge is 0.449 e. The van der Waals surface area contributed by atoms with Crippen LogP contribution in [0.5, 0.6) is 0 Å². The normalized spacial score (nSPS) is 13.0. The van der Waals surface area contributed by atoms with Gasteiger partial charge in [0.05, 0.1) is 6.04 Å². The SMILES string of the molecule is CCCC(=O)[C@H](CCCCN)NC(=O)CNC(=O)OCC1c2ccccc2-c2ccccc21. The first-order valence-corrected chi connectivity index (χ1v) is 11.7. The monoisotopic (exact) mass is 451 g/mol. The molecule has 2 aromatic carbocycles. The molecule has 0 spiro atoms. The molecule has 1 atom stereocenters. The van der Waals surface area contributed by atoms with Crippen LogP contribution in [-0.2, 0) is 14.3 Å². The van der Waals surface area contributed by atoms with Crippen LogP contribution in [0.25, 0.3) is 11.1 Å². The number of fused-ring (bicyclic) bond motifs is 3. The number of rotatable bonds is 12. The number of ether oxygens (including phenoxy) is 1. The van der Waals surface area contributed by atoms with Crippen LogP contribution in [0, 0.1) is 0 Å². The summed E-state index contributed by atoms with van der Waals surface area (Å²) < 4.78 is 5.45. The van der Waals surface area contributed by atoms with Gasteiger partial charge in [0.2, 0.25) is 5.91 Å². The van der Waals surface area contributed by atoms with Crippen LogP contribution >= 0.6 is 0 Å². The molecule has 0 fully saturated rings. The van der Waals surface area contributed by atoms with Gasteiger partial charge in [-0.1, -0.05) is 55.5 Å². The van der Waals surface area contributed by atoms with E-state index in [0.29, 0.717) is 19.4 Å². The molecule has 0 unspecified atom stereocenters. The van der Waals surface area contributed by atoms with Crippen LogP contribution in [0.15, 0.2) is 48.5 Å². The molecule has 0 aliphatic heterocycles. The van der Waals surface area contributed by atoms with Crippen LogP contribution < -0.4 is 16.4 Å². The Morgan fingerprint density at radius 3 is 2.24 bits per heavy atom. The topological polar surface area (TPSA) is 111 Å². The lowest BCUT2D eigenvalue weighted by Gasteiger charge is -2.18. The average molecular weight is 452 g/mol. The van der Waals surface area contributed by atoms with E-state index < -0.39 is 18.0 Å². The van der Waals surface area contributed by atoms with E-state index in [2.05, 4.69) is 22.8 Å². The highest BCUT2D eigenvalue weighted by Gasteiger charge is 2.29. The van der Waals surface area contributed by atoms with Gasteiger partial charge in [0.15, 0.2) is 5.78 Å². The number of Topliss-reactive ketones (excluding diaryl/α,β-unsaturated/α-hetero) is 1. The van der Waals surface area contributed by atoms with Crippen molar-refractivity contribution in [3.05, 3.63) is 59.7 Å². The van der Waals surface area contributed by atoms with E-state index in [-0.39, 0.29) is 24.9 Å². The van der Waals surface area contributed by atoms with E-state index >= 15 is 0 Å². The van der Waals surface area contributed by atoms with Crippen molar-refractivity contribution in [2.75, 3.05) is 19.7 Å². The molecule has 176 valence electrons. The molecule has 1 aliphatic rings. The van der Waals surface area contributed by atoms with Gasteiger partial charge in [0, 0.05) is 12.3 Å². The van der Waals surface area contributed by atoms with Crippen LogP contribution in [0.4, 0.5) is 4.79 Å². The third-order valence-electron chi connectivity index (χ3n) is 5.90. The Morgan fingerprint density at radius 1 is 1.00 bits per heavy atom. The Hall–Kier alpha value is -3.19. The summed E-state index contributed by atoms with van der Waals surface area (Å²) in [6.45, 7) is 2.41. The number of carbonyl (C=O) groups excluding carboxylic acids is 3. The molecule has 7 heteroatoms. The number of benzene rings is 2. The van der Waals surface area contributed by atoms with Gasteiger partial charge in [-0.15, -0.1) is 0 Å². The minimum Gasteiger partial charge on any atom is -0.449 e. The molecular formula is C26H33N3O4. The number of hydrogen-bond donors (Lipinski definition) is 3. The average Bonchev–Trinajstić information content (AvgIpc) is 3.15. The van der Waals surface area contributed by atoms with Crippen molar-refractivity contribution in [3.8, 4) is 11.1 Å². The van der Waals surface area contributed by atoms with Gasteiger partial charge in [0.25, 0.3) is 0 Å². The molecule has 2 aromatic rings. The molecule has 2 amide bonds. The fourth-order valence-corrected chi connectivity index (χ4v) is 4.27. The van der Waals surface area contributed by atoms with Crippen LogP contribution in [0.2, 0.25) is 0 Å². The quantitative estimate of drug-likeness (QED) is 0.428. The zero-order valence-electron chi connectivity index (χ0n) is 19.1. The minimum atomic E-state index is -0.661. The first kappa shape index (κ1) is 24.5. The summed E-state index contributed by atoms with van der Waals surface area (Å²) in [5, 5.41) is 5.23.